The first-order valence-electron chi connectivity index (χ1n) is 10.6. The number of carbonyl (C=O) groups excluding carboxylic acids is 2. The van der Waals surface area contributed by atoms with Gasteiger partial charge in [0.25, 0.3) is 0 Å². The van der Waals surface area contributed by atoms with Gasteiger partial charge in [0.2, 0.25) is 0 Å². The molecule has 1 saturated heterocycles. The maximum Gasteiger partial charge on any atom is 0.312 e. The molecule has 2 saturated carbocycles. The highest BCUT2D eigenvalue weighted by Crippen LogP contribution is 2.67. The Bertz CT molecular complexity index is 735. The highest BCUT2D eigenvalue weighted by molar-refractivity contribution is 5.80. The molecular weight excluding hydrogens is 376 g/mol. The highest BCUT2D eigenvalue weighted by Gasteiger charge is 2.73. The quantitative estimate of drug-likeness (QED) is 0.672. The normalized spacial score (nSPS) is 48.0. The Morgan fingerprint density at radius 3 is 2.72 bits per heavy atom. The number of hydrogen-bond acceptors (Lipinski definition) is 7. The van der Waals surface area contributed by atoms with Gasteiger partial charge >= 0.3 is 11.9 Å². The predicted octanol–water partition coefficient (Wildman–Crippen LogP) is 2.09. The van der Waals surface area contributed by atoms with Crippen LogP contribution in [-0.4, -0.2) is 52.7 Å². The standard InChI is InChI=1S/C22H32O7/c1-14-11-16-17-19(3,18(24)29-16)5-4-6-21(17,13-28-15(2)23)22(14,26)8-7-20(25)9-10-27-12-20/h9-10,14,16-17,25-26H,4-8,11-13H2,1-3H3/t14-,16-,17+,19+,20?,21-,22-/m1/s1. The first kappa shape index (κ1) is 20.7. The fourth-order valence-electron chi connectivity index (χ4n) is 6.72. The summed E-state index contributed by atoms with van der Waals surface area (Å²) in [5.74, 6) is -1.01. The molecule has 0 amide bonds. The van der Waals surface area contributed by atoms with Gasteiger partial charge in [-0.25, -0.2) is 0 Å². The zero-order valence-electron chi connectivity index (χ0n) is 17.5. The summed E-state index contributed by atoms with van der Waals surface area (Å²) < 4.78 is 16.5. The van der Waals surface area contributed by atoms with Crippen LogP contribution in [0.25, 0.3) is 0 Å². The minimum atomic E-state index is -1.20. The van der Waals surface area contributed by atoms with E-state index in [-0.39, 0.29) is 37.1 Å². The molecule has 29 heavy (non-hydrogen) atoms. The lowest BCUT2D eigenvalue weighted by Crippen LogP contribution is -2.68. The summed E-state index contributed by atoms with van der Waals surface area (Å²) in [7, 11) is 0. The van der Waals surface area contributed by atoms with Crippen LogP contribution in [0.5, 0.6) is 0 Å². The molecule has 3 fully saturated rings. The van der Waals surface area contributed by atoms with Gasteiger partial charge in [-0.05, 0) is 51.0 Å². The Balaban J connectivity index is 1.74. The topological polar surface area (TPSA) is 102 Å². The van der Waals surface area contributed by atoms with Gasteiger partial charge in [-0.2, -0.15) is 0 Å². The molecule has 2 aliphatic carbocycles. The summed E-state index contributed by atoms with van der Waals surface area (Å²) in [5.41, 5.74) is -3.80. The smallest absolute Gasteiger partial charge is 0.312 e. The highest BCUT2D eigenvalue weighted by atomic mass is 16.6. The maximum atomic E-state index is 12.8. The molecule has 7 nitrogen and oxygen atoms in total. The zero-order chi connectivity index (χ0) is 21.1. The van der Waals surface area contributed by atoms with Gasteiger partial charge in [-0.1, -0.05) is 13.3 Å². The van der Waals surface area contributed by atoms with Crippen molar-refractivity contribution in [1.29, 1.82) is 0 Å². The minimum absolute atomic E-state index is 0.0569. The van der Waals surface area contributed by atoms with Gasteiger partial charge in [0.15, 0.2) is 0 Å². The molecule has 4 aliphatic rings. The molecule has 4 rings (SSSR count). The lowest BCUT2D eigenvalue weighted by Gasteiger charge is -2.62. The van der Waals surface area contributed by atoms with Crippen molar-refractivity contribution in [2.75, 3.05) is 13.2 Å². The number of esters is 2. The van der Waals surface area contributed by atoms with Gasteiger partial charge in [0.05, 0.1) is 17.3 Å². The third-order valence-corrected chi connectivity index (χ3v) is 8.24. The van der Waals surface area contributed by atoms with Crippen molar-refractivity contribution < 1.29 is 34.0 Å². The second-order valence-corrected chi connectivity index (χ2v) is 9.91. The largest absolute Gasteiger partial charge is 0.498 e. The molecule has 162 valence electrons. The van der Waals surface area contributed by atoms with Gasteiger partial charge < -0.3 is 24.4 Å². The second kappa shape index (κ2) is 6.71. The molecule has 0 radical (unpaired) electrons. The molecule has 7 atom stereocenters. The summed E-state index contributed by atoms with van der Waals surface area (Å²) in [6, 6.07) is 0. The van der Waals surface area contributed by atoms with E-state index < -0.39 is 28.0 Å². The zero-order valence-corrected chi connectivity index (χ0v) is 17.5. The van der Waals surface area contributed by atoms with E-state index in [1.54, 1.807) is 6.08 Å². The Kier molecular flexibility index (Phi) is 4.78. The molecule has 7 heteroatoms. The number of rotatable bonds is 5. The fourth-order valence-corrected chi connectivity index (χ4v) is 6.72. The van der Waals surface area contributed by atoms with E-state index in [1.165, 1.54) is 13.2 Å². The molecule has 0 spiro atoms. The van der Waals surface area contributed by atoms with Crippen LogP contribution < -0.4 is 0 Å². The van der Waals surface area contributed by atoms with E-state index in [4.69, 9.17) is 14.2 Å². The number of aliphatic hydroxyl groups is 2. The van der Waals surface area contributed by atoms with Crippen molar-refractivity contribution >= 4 is 11.9 Å². The summed E-state index contributed by atoms with van der Waals surface area (Å²) in [6.45, 7) is 5.48. The van der Waals surface area contributed by atoms with Crippen LogP contribution in [0.3, 0.4) is 0 Å². The molecule has 0 aromatic heterocycles. The second-order valence-electron chi connectivity index (χ2n) is 9.91. The van der Waals surface area contributed by atoms with E-state index >= 15 is 0 Å². The van der Waals surface area contributed by atoms with Crippen molar-refractivity contribution in [3.63, 3.8) is 0 Å². The van der Waals surface area contributed by atoms with Gasteiger partial charge in [0.1, 0.15) is 24.9 Å². The molecule has 2 N–H and O–H groups in total. The number of ether oxygens (including phenoxy) is 3. The van der Waals surface area contributed by atoms with Crippen molar-refractivity contribution in [1.82, 2.24) is 0 Å². The Morgan fingerprint density at radius 2 is 2.07 bits per heavy atom. The SMILES string of the molecule is CC(=O)OC[C@@]12CCC[C@]3(C)C(=O)O[C@H](C[C@@H](C)[C@]1(O)CCC1(O)C=COC1)[C@H]23. The fraction of sp³-hybridized carbons (Fsp3) is 0.818. The Hall–Kier alpha value is -1.60. The number of carbonyl (C=O) groups is 2. The lowest BCUT2D eigenvalue weighted by atomic mass is 9.43. The van der Waals surface area contributed by atoms with E-state index in [1.807, 2.05) is 13.8 Å². The van der Waals surface area contributed by atoms with Crippen molar-refractivity contribution in [2.45, 2.75) is 76.6 Å². The molecule has 0 aromatic carbocycles. The molecule has 0 aromatic rings. The van der Waals surface area contributed by atoms with Crippen LogP contribution >= 0.6 is 0 Å². The van der Waals surface area contributed by atoms with Crippen molar-refractivity contribution in [3.05, 3.63) is 12.3 Å². The minimum Gasteiger partial charge on any atom is -0.498 e. The maximum absolute atomic E-state index is 12.8. The first-order chi connectivity index (χ1) is 13.6. The van der Waals surface area contributed by atoms with E-state index in [9.17, 15) is 19.8 Å². The van der Waals surface area contributed by atoms with Crippen LogP contribution in [0.2, 0.25) is 0 Å². The van der Waals surface area contributed by atoms with Gasteiger partial charge in [0, 0.05) is 18.3 Å². The Morgan fingerprint density at radius 1 is 1.31 bits per heavy atom. The van der Waals surface area contributed by atoms with Crippen LogP contribution in [0.1, 0.15) is 59.3 Å². The van der Waals surface area contributed by atoms with Crippen molar-refractivity contribution in [2.24, 2.45) is 22.7 Å². The van der Waals surface area contributed by atoms with Crippen LogP contribution in [0.4, 0.5) is 0 Å². The molecule has 2 heterocycles. The van der Waals surface area contributed by atoms with Crippen LogP contribution in [0, 0.1) is 22.7 Å². The van der Waals surface area contributed by atoms with Crippen molar-refractivity contribution in [3.8, 4) is 0 Å². The predicted molar refractivity (Wildman–Crippen MR) is 102 cm³/mol. The van der Waals surface area contributed by atoms with E-state index in [0.29, 0.717) is 32.1 Å². The summed E-state index contributed by atoms with van der Waals surface area (Å²) in [4.78, 5) is 24.5. The Labute approximate surface area is 171 Å². The summed E-state index contributed by atoms with van der Waals surface area (Å²) in [5, 5.41) is 22.9. The monoisotopic (exact) mass is 408 g/mol. The summed E-state index contributed by atoms with van der Waals surface area (Å²) >= 11 is 0. The summed E-state index contributed by atoms with van der Waals surface area (Å²) in [6.07, 6.45) is 6.16. The van der Waals surface area contributed by atoms with Gasteiger partial charge in [-0.15, -0.1) is 0 Å². The molecular formula is C22H32O7. The average molecular weight is 408 g/mol. The van der Waals surface area contributed by atoms with Crippen LogP contribution in [-0.2, 0) is 23.8 Å². The third kappa shape index (κ3) is 2.92. The average Bonchev–Trinajstić information content (AvgIpc) is 3.19. The number of hydrogen-bond donors (Lipinski definition) is 2. The molecule has 0 bridgehead atoms. The van der Waals surface area contributed by atoms with E-state index in [0.717, 1.165) is 6.42 Å². The lowest BCUT2D eigenvalue weighted by molar-refractivity contribution is -0.246. The molecule has 2 aliphatic heterocycles. The third-order valence-electron chi connectivity index (χ3n) is 8.24. The van der Waals surface area contributed by atoms with E-state index in [2.05, 4.69) is 0 Å². The van der Waals surface area contributed by atoms with Gasteiger partial charge in [-0.3, -0.25) is 9.59 Å². The van der Waals surface area contributed by atoms with Crippen LogP contribution in [0.15, 0.2) is 12.3 Å². The first-order valence-corrected chi connectivity index (χ1v) is 10.6. The molecule has 1 unspecified atom stereocenters.